The zero-order valence-electron chi connectivity index (χ0n) is 15.2. The van der Waals surface area contributed by atoms with Crippen LogP contribution >= 0.6 is 0 Å². The molecule has 2 N–H and O–H groups in total. The number of hydrogen-bond acceptors (Lipinski definition) is 7. The maximum Gasteiger partial charge on any atom is 0.317 e. The molecule has 0 spiro atoms. The van der Waals surface area contributed by atoms with Crippen LogP contribution in [-0.4, -0.2) is 86.4 Å². The average molecular weight is 372 g/mol. The minimum absolute atomic E-state index is 0.0621. The molecule has 27 heavy (non-hydrogen) atoms. The summed E-state index contributed by atoms with van der Waals surface area (Å²) in [5.74, 6) is 1.06. The minimum atomic E-state index is -0.0621. The van der Waals surface area contributed by atoms with Crippen molar-refractivity contribution in [2.75, 3.05) is 39.4 Å². The van der Waals surface area contributed by atoms with Crippen LogP contribution in [-0.2, 0) is 11.3 Å². The van der Waals surface area contributed by atoms with Crippen molar-refractivity contribution < 1.29 is 9.53 Å². The van der Waals surface area contributed by atoms with E-state index in [0.29, 0.717) is 29.9 Å². The number of urea groups is 1. The Balaban J connectivity index is 1.24. The largest absolute Gasteiger partial charge is 0.379 e. The number of amides is 2. The molecular formula is C17H24N8O2. The van der Waals surface area contributed by atoms with Crippen molar-refractivity contribution in [2.45, 2.75) is 25.4 Å². The second-order valence-electron chi connectivity index (χ2n) is 6.72. The fourth-order valence-corrected chi connectivity index (χ4v) is 3.55. The van der Waals surface area contributed by atoms with Crippen molar-refractivity contribution in [2.24, 2.45) is 0 Å². The summed E-state index contributed by atoms with van der Waals surface area (Å²) >= 11 is 0. The first-order valence-corrected chi connectivity index (χ1v) is 9.32. The molecule has 2 fully saturated rings. The smallest absolute Gasteiger partial charge is 0.317 e. The Morgan fingerprint density at radius 2 is 2.04 bits per heavy atom. The van der Waals surface area contributed by atoms with E-state index in [9.17, 15) is 4.79 Å². The van der Waals surface area contributed by atoms with Gasteiger partial charge in [0.15, 0.2) is 0 Å². The summed E-state index contributed by atoms with van der Waals surface area (Å²) in [4.78, 5) is 29.3. The molecule has 10 nitrogen and oxygen atoms in total. The summed E-state index contributed by atoms with van der Waals surface area (Å²) in [5, 5.41) is 9.86. The molecule has 144 valence electrons. The third-order valence-corrected chi connectivity index (χ3v) is 5.04. The van der Waals surface area contributed by atoms with E-state index in [1.807, 2.05) is 4.90 Å². The number of hydrogen-bond donors (Lipinski definition) is 2. The fourth-order valence-electron chi connectivity index (χ4n) is 3.55. The zero-order chi connectivity index (χ0) is 18.5. The van der Waals surface area contributed by atoms with Gasteiger partial charge in [0.1, 0.15) is 11.5 Å². The highest BCUT2D eigenvalue weighted by atomic mass is 16.5. The van der Waals surface area contributed by atoms with Crippen molar-refractivity contribution in [3.63, 3.8) is 0 Å². The van der Waals surface area contributed by atoms with Gasteiger partial charge in [0, 0.05) is 44.6 Å². The van der Waals surface area contributed by atoms with Crippen LogP contribution in [0.3, 0.4) is 0 Å². The van der Waals surface area contributed by atoms with Gasteiger partial charge in [0.2, 0.25) is 5.82 Å². The SMILES string of the molecule is O=C(NCc1nc(-c2cnccn2)n[nH]1)N1CCC(N2CCOCC2)CC1. The summed E-state index contributed by atoms with van der Waals surface area (Å²) in [5.41, 5.74) is 0.594. The summed E-state index contributed by atoms with van der Waals surface area (Å²) < 4.78 is 5.42. The van der Waals surface area contributed by atoms with E-state index in [-0.39, 0.29) is 6.03 Å². The number of nitrogens with one attached hydrogen (secondary N) is 2. The zero-order valence-corrected chi connectivity index (χ0v) is 15.2. The molecule has 0 aromatic carbocycles. The molecule has 0 radical (unpaired) electrons. The van der Waals surface area contributed by atoms with Gasteiger partial charge >= 0.3 is 6.03 Å². The number of H-pyrrole nitrogens is 1. The van der Waals surface area contributed by atoms with E-state index < -0.39 is 0 Å². The summed E-state index contributed by atoms with van der Waals surface area (Å²) in [6.07, 6.45) is 6.80. The molecule has 2 amide bonds. The Morgan fingerprint density at radius 1 is 1.22 bits per heavy atom. The van der Waals surface area contributed by atoms with E-state index in [2.05, 4.69) is 35.4 Å². The molecule has 4 heterocycles. The lowest BCUT2D eigenvalue weighted by molar-refractivity contribution is 0.00379. The first kappa shape index (κ1) is 17.8. The van der Waals surface area contributed by atoms with E-state index >= 15 is 0 Å². The van der Waals surface area contributed by atoms with Crippen molar-refractivity contribution in [3.05, 3.63) is 24.4 Å². The predicted molar refractivity (Wildman–Crippen MR) is 96.6 cm³/mol. The highest BCUT2D eigenvalue weighted by Gasteiger charge is 2.27. The third kappa shape index (κ3) is 4.40. The molecule has 2 aromatic heterocycles. The summed E-state index contributed by atoms with van der Waals surface area (Å²) in [6.45, 7) is 5.47. The molecule has 0 unspecified atom stereocenters. The number of nitrogens with zero attached hydrogens (tertiary/aromatic N) is 6. The Kier molecular flexibility index (Phi) is 5.54. The van der Waals surface area contributed by atoms with Crippen LogP contribution in [0, 0.1) is 0 Å². The maximum absolute atomic E-state index is 12.4. The number of carbonyl (C=O) groups excluding carboxylic acids is 1. The van der Waals surface area contributed by atoms with Crippen LogP contribution < -0.4 is 5.32 Å². The lowest BCUT2D eigenvalue weighted by Crippen LogP contribution is -2.51. The molecule has 10 heteroatoms. The van der Waals surface area contributed by atoms with Gasteiger partial charge in [0.05, 0.1) is 26.0 Å². The van der Waals surface area contributed by atoms with Gasteiger partial charge in [-0.05, 0) is 12.8 Å². The molecule has 0 aliphatic carbocycles. The summed E-state index contributed by atoms with van der Waals surface area (Å²) in [6, 6.07) is 0.495. The van der Waals surface area contributed by atoms with E-state index in [4.69, 9.17) is 4.74 Å². The van der Waals surface area contributed by atoms with Gasteiger partial charge in [-0.3, -0.25) is 15.0 Å². The van der Waals surface area contributed by atoms with Crippen molar-refractivity contribution in [1.29, 1.82) is 0 Å². The number of ether oxygens (including phenoxy) is 1. The molecule has 2 aliphatic heterocycles. The van der Waals surface area contributed by atoms with E-state index in [0.717, 1.165) is 52.2 Å². The topological polar surface area (TPSA) is 112 Å². The standard InChI is InChI=1S/C17H24N8O2/c26-17(25-5-1-13(2-6-25)24-7-9-27-10-8-24)20-12-15-21-16(23-22-15)14-11-18-3-4-19-14/h3-4,11,13H,1-2,5-10,12H2,(H,20,26)(H,21,22,23). The van der Waals surface area contributed by atoms with Crippen LogP contribution in [0.1, 0.15) is 18.7 Å². The van der Waals surface area contributed by atoms with Crippen LogP contribution in [0.15, 0.2) is 18.6 Å². The predicted octanol–water partition coefficient (Wildman–Crippen LogP) is 0.268. The normalized spacial score (nSPS) is 19.2. The van der Waals surface area contributed by atoms with Crippen LogP contribution in [0.4, 0.5) is 4.79 Å². The molecule has 2 aromatic rings. The van der Waals surface area contributed by atoms with Crippen LogP contribution in [0.25, 0.3) is 11.5 Å². The van der Waals surface area contributed by atoms with E-state index in [1.54, 1.807) is 18.6 Å². The Labute approximate surface area is 157 Å². The van der Waals surface area contributed by atoms with Crippen molar-refractivity contribution in [1.82, 2.24) is 40.3 Å². The van der Waals surface area contributed by atoms with Gasteiger partial charge in [-0.25, -0.2) is 14.8 Å². The monoisotopic (exact) mass is 372 g/mol. The number of carbonyl (C=O) groups is 1. The van der Waals surface area contributed by atoms with Crippen LogP contribution in [0.5, 0.6) is 0 Å². The van der Waals surface area contributed by atoms with Crippen molar-refractivity contribution in [3.8, 4) is 11.5 Å². The molecule has 2 aliphatic rings. The second kappa shape index (κ2) is 8.40. The second-order valence-corrected chi connectivity index (χ2v) is 6.72. The van der Waals surface area contributed by atoms with Crippen LogP contribution in [0.2, 0.25) is 0 Å². The molecule has 0 saturated carbocycles. The Bertz CT molecular complexity index is 738. The molecule has 4 rings (SSSR count). The molecule has 2 saturated heterocycles. The maximum atomic E-state index is 12.4. The Hall–Kier alpha value is -2.59. The lowest BCUT2D eigenvalue weighted by atomic mass is 10.0. The number of morpholine rings is 1. The number of likely N-dealkylation sites (tertiary alicyclic amines) is 1. The van der Waals surface area contributed by atoms with Gasteiger partial charge in [-0.15, -0.1) is 0 Å². The first-order valence-electron chi connectivity index (χ1n) is 9.32. The molecule has 0 bridgehead atoms. The van der Waals surface area contributed by atoms with Gasteiger partial charge in [0.25, 0.3) is 0 Å². The first-order chi connectivity index (χ1) is 13.3. The number of piperidine rings is 1. The van der Waals surface area contributed by atoms with Gasteiger partial charge in [-0.2, -0.15) is 5.10 Å². The number of aromatic amines is 1. The number of rotatable bonds is 4. The quantitative estimate of drug-likeness (QED) is 0.792. The molecular weight excluding hydrogens is 348 g/mol. The summed E-state index contributed by atoms with van der Waals surface area (Å²) in [7, 11) is 0. The molecule has 0 atom stereocenters. The van der Waals surface area contributed by atoms with Crippen molar-refractivity contribution >= 4 is 6.03 Å². The minimum Gasteiger partial charge on any atom is -0.379 e. The number of aromatic nitrogens is 5. The average Bonchev–Trinajstić information content (AvgIpc) is 3.22. The highest BCUT2D eigenvalue weighted by Crippen LogP contribution is 2.18. The van der Waals surface area contributed by atoms with E-state index in [1.165, 1.54) is 0 Å². The third-order valence-electron chi connectivity index (χ3n) is 5.04. The van der Waals surface area contributed by atoms with Gasteiger partial charge in [-0.1, -0.05) is 0 Å². The lowest BCUT2D eigenvalue weighted by Gasteiger charge is -2.40. The highest BCUT2D eigenvalue weighted by molar-refractivity contribution is 5.74. The Morgan fingerprint density at radius 3 is 2.78 bits per heavy atom. The van der Waals surface area contributed by atoms with Gasteiger partial charge < -0.3 is 15.0 Å². The fraction of sp³-hybridized carbons (Fsp3) is 0.588.